The third-order valence-electron chi connectivity index (χ3n) is 8.20. The van der Waals surface area contributed by atoms with Gasteiger partial charge in [0.2, 0.25) is 17.6 Å². The minimum atomic E-state index is -1.08. The number of carbonyl (C=O) groups excluding carboxylic acids is 5. The number of carbonyl (C=O) groups is 5. The van der Waals surface area contributed by atoms with Crippen LogP contribution < -0.4 is 16.4 Å². The number of ether oxygens (including phenoxy) is 1. The van der Waals surface area contributed by atoms with Gasteiger partial charge in [-0.2, -0.15) is 0 Å². The summed E-state index contributed by atoms with van der Waals surface area (Å²) in [5.41, 5.74) is 3.73. The number of rotatable bonds is 8. The van der Waals surface area contributed by atoms with Crippen molar-refractivity contribution in [3.63, 3.8) is 0 Å². The minimum Gasteiger partial charge on any atom is -0.444 e. The van der Waals surface area contributed by atoms with Gasteiger partial charge >= 0.3 is 6.09 Å². The van der Waals surface area contributed by atoms with Crippen LogP contribution in [0.15, 0.2) is 0 Å². The van der Waals surface area contributed by atoms with Gasteiger partial charge in [0.25, 0.3) is 5.91 Å². The summed E-state index contributed by atoms with van der Waals surface area (Å²) in [7, 11) is 0. The fourth-order valence-corrected chi connectivity index (χ4v) is 5.78. The highest BCUT2D eigenvalue weighted by Crippen LogP contribution is 2.65. The van der Waals surface area contributed by atoms with Crippen molar-refractivity contribution >= 4 is 29.6 Å². The number of hydrogen-bond donors (Lipinski definition) is 3. The Bertz CT molecular complexity index is 959. The molecule has 1 aliphatic heterocycles. The molecule has 1 heterocycles. The van der Waals surface area contributed by atoms with Gasteiger partial charge in [-0.15, -0.1) is 0 Å². The lowest BCUT2D eigenvalue weighted by atomic mass is 9.80. The van der Waals surface area contributed by atoms with Crippen molar-refractivity contribution in [1.29, 1.82) is 0 Å². The van der Waals surface area contributed by atoms with Gasteiger partial charge in [-0.1, -0.05) is 53.9 Å². The molecule has 0 spiro atoms. The highest BCUT2D eigenvalue weighted by atomic mass is 16.6. The van der Waals surface area contributed by atoms with Gasteiger partial charge < -0.3 is 26.0 Å². The Morgan fingerprint density at radius 3 is 2.08 bits per heavy atom. The maximum Gasteiger partial charge on any atom is 0.408 e. The van der Waals surface area contributed by atoms with Crippen LogP contribution in [0.1, 0.15) is 81.1 Å². The predicted octanol–water partition coefficient (Wildman–Crippen LogP) is 2.14. The molecule has 0 aromatic heterocycles. The Morgan fingerprint density at radius 2 is 1.62 bits per heavy atom. The zero-order chi connectivity index (χ0) is 28.1. The largest absolute Gasteiger partial charge is 0.444 e. The van der Waals surface area contributed by atoms with Crippen molar-refractivity contribution in [2.24, 2.45) is 34.3 Å². The molecule has 37 heavy (non-hydrogen) atoms. The van der Waals surface area contributed by atoms with Gasteiger partial charge in [0.05, 0.1) is 6.04 Å². The van der Waals surface area contributed by atoms with E-state index in [4.69, 9.17) is 10.5 Å². The predicted molar refractivity (Wildman–Crippen MR) is 137 cm³/mol. The number of ketones is 1. The van der Waals surface area contributed by atoms with Crippen LogP contribution in [0, 0.1) is 28.6 Å². The number of nitrogens with two attached hydrogens (primary N) is 1. The van der Waals surface area contributed by atoms with Gasteiger partial charge in [0.1, 0.15) is 17.7 Å². The highest BCUT2D eigenvalue weighted by molar-refractivity contribution is 6.37. The number of primary amides is 1. The summed E-state index contributed by atoms with van der Waals surface area (Å²) < 4.78 is 5.39. The number of nitrogens with one attached hydrogen (secondary N) is 2. The molecular formula is C27H44N4O6. The first kappa shape index (κ1) is 28.9. The Labute approximate surface area is 219 Å². The first-order valence-corrected chi connectivity index (χ1v) is 13.3. The molecule has 3 aliphatic rings. The fourth-order valence-electron chi connectivity index (χ4n) is 5.78. The molecule has 10 heteroatoms. The van der Waals surface area contributed by atoms with Crippen LogP contribution in [0.5, 0.6) is 0 Å². The molecule has 0 bridgehead atoms. The third kappa shape index (κ3) is 6.26. The Balaban J connectivity index is 1.83. The molecular weight excluding hydrogens is 476 g/mol. The Kier molecular flexibility index (Phi) is 7.74. The normalized spacial score (nSPS) is 26.3. The first-order chi connectivity index (χ1) is 16.8. The summed E-state index contributed by atoms with van der Waals surface area (Å²) in [6.07, 6.45) is 2.58. The van der Waals surface area contributed by atoms with Crippen molar-refractivity contribution in [3.05, 3.63) is 0 Å². The number of fused-ring (bicyclic) bond motifs is 1. The second-order valence-electron chi connectivity index (χ2n) is 13.7. The molecule has 10 nitrogen and oxygen atoms in total. The van der Waals surface area contributed by atoms with Crippen LogP contribution >= 0.6 is 0 Å². The van der Waals surface area contributed by atoms with Crippen LogP contribution in [-0.4, -0.2) is 64.8 Å². The molecule has 2 saturated carbocycles. The fraction of sp³-hybridized carbons (Fsp3) is 0.815. The van der Waals surface area contributed by atoms with E-state index in [2.05, 4.69) is 24.5 Å². The summed E-state index contributed by atoms with van der Waals surface area (Å²) >= 11 is 0. The molecule has 4 amide bonds. The summed E-state index contributed by atoms with van der Waals surface area (Å²) in [6, 6.07) is -2.76. The second kappa shape index (κ2) is 9.91. The monoisotopic (exact) mass is 520 g/mol. The van der Waals surface area contributed by atoms with E-state index in [0.717, 1.165) is 19.3 Å². The summed E-state index contributed by atoms with van der Waals surface area (Å²) in [5, 5.41) is 5.49. The van der Waals surface area contributed by atoms with Crippen molar-refractivity contribution in [1.82, 2.24) is 15.5 Å². The van der Waals surface area contributed by atoms with Crippen LogP contribution in [0.25, 0.3) is 0 Å². The SMILES string of the molecule is CC(C)(C)OC(=O)N[C@H](C(=O)N1C[C@H]2[C@@H]([C@H]1C(=O)N[C@@H](CC1CCC1)C(=O)C(N)=O)C2(C)C)C(C)(C)C. The third-order valence-corrected chi connectivity index (χ3v) is 8.20. The van der Waals surface area contributed by atoms with E-state index in [1.165, 1.54) is 4.90 Å². The van der Waals surface area contributed by atoms with Crippen LogP contribution in [-0.2, 0) is 23.9 Å². The first-order valence-electron chi connectivity index (χ1n) is 13.3. The van der Waals surface area contributed by atoms with Gasteiger partial charge in [0.15, 0.2) is 0 Å². The number of hydrogen-bond acceptors (Lipinski definition) is 6. The van der Waals surface area contributed by atoms with Crippen LogP contribution in [0.2, 0.25) is 0 Å². The average molecular weight is 521 g/mol. The van der Waals surface area contributed by atoms with Gasteiger partial charge in [-0.3, -0.25) is 19.2 Å². The highest BCUT2D eigenvalue weighted by Gasteiger charge is 2.70. The molecule has 0 aromatic carbocycles. The summed E-state index contributed by atoms with van der Waals surface area (Å²) in [6.45, 7) is 15.2. The molecule has 0 aromatic rings. The van der Waals surface area contributed by atoms with E-state index in [0.29, 0.717) is 13.0 Å². The minimum absolute atomic E-state index is 0.0911. The van der Waals surface area contributed by atoms with Crippen molar-refractivity contribution in [3.8, 4) is 0 Å². The standard InChI is InChI=1S/C27H44N4O6/c1-25(2,3)20(30-24(36)37-26(4,5)6)23(35)31-13-15-17(27(15,7)8)18(31)22(34)29-16(19(32)21(28)33)12-14-10-9-11-14/h14-18,20H,9-13H2,1-8H3,(H2,28,33)(H,29,34)(H,30,36)/t15-,16-,17-,18-,20+/m0/s1. The van der Waals surface area contributed by atoms with Crippen molar-refractivity contribution in [2.45, 2.75) is 105 Å². The smallest absolute Gasteiger partial charge is 0.408 e. The lowest BCUT2D eigenvalue weighted by Crippen LogP contribution is -2.61. The number of alkyl carbamates (subject to hydrolysis) is 1. The number of nitrogens with zero attached hydrogens (tertiary/aromatic N) is 1. The maximum absolute atomic E-state index is 13.9. The summed E-state index contributed by atoms with van der Waals surface area (Å²) in [5.74, 6) is -2.46. The molecule has 5 atom stereocenters. The molecule has 0 radical (unpaired) electrons. The van der Waals surface area contributed by atoms with E-state index in [1.807, 2.05) is 20.8 Å². The number of amides is 4. The molecule has 1 saturated heterocycles. The molecule has 3 rings (SSSR count). The van der Waals surface area contributed by atoms with E-state index >= 15 is 0 Å². The van der Waals surface area contributed by atoms with Gasteiger partial charge in [-0.05, 0) is 55.8 Å². The van der Waals surface area contributed by atoms with Crippen LogP contribution in [0.3, 0.4) is 0 Å². The quantitative estimate of drug-likeness (QED) is 0.418. The van der Waals surface area contributed by atoms with E-state index < -0.39 is 52.8 Å². The average Bonchev–Trinajstić information content (AvgIpc) is 3.06. The lowest BCUT2D eigenvalue weighted by molar-refractivity contribution is -0.145. The van der Waals surface area contributed by atoms with Crippen LogP contribution in [0.4, 0.5) is 4.79 Å². The number of Topliss-reactive ketones (excluding diaryl/α,β-unsaturated/α-hetero) is 1. The zero-order valence-corrected chi connectivity index (χ0v) is 23.5. The maximum atomic E-state index is 13.9. The topological polar surface area (TPSA) is 148 Å². The van der Waals surface area contributed by atoms with Crippen molar-refractivity contribution < 1.29 is 28.7 Å². The van der Waals surface area contributed by atoms with Crippen molar-refractivity contribution in [2.75, 3.05) is 6.54 Å². The number of piperidine rings is 1. The molecule has 0 unspecified atom stereocenters. The number of likely N-dealkylation sites (tertiary alicyclic amines) is 1. The van der Waals surface area contributed by atoms with Gasteiger partial charge in [0, 0.05) is 6.54 Å². The van der Waals surface area contributed by atoms with Gasteiger partial charge in [-0.25, -0.2) is 4.79 Å². The molecule has 208 valence electrons. The van der Waals surface area contributed by atoms with E-state index in [1.54, 1.807) is 20.8 Å². The Hall–Kier alpha value is -2.65. The lowest BCUT2D eigenvalue weighted by Gasteiger charge is -2.38. The zero-order valence-electron chi connectivity index (χ0n) is 23.5. The molecule has 4 N–H and O–H groups in total. The van der Waals surface area contributed by atoms with E-state index in [9.17, 15) is 24.0 Å². The summed E-state index contributed by atoms with van der Waals surface area (Å²) in [4.78, 5) is 65.9. The molecule has 3 fully saturated rings. The second-order valence-corrected chi connectivity index (χ2v) is 13.7. The Morgan fingerprint density at radius 1 is 1.03 bits per heavy atom. The van der Waals surface area contributed by atoms with E-state index in [-0.39, 0.29) is 29.1 Å². The molecule has 2 aliphatic carbocycles.